The second-order valence-electron chi connectivity index (χ2n) is 3.86. The van der Waals surface area contributed by atoms with E-state index in [1.165, 1.54) is 0 Å². The van der Waals surface area contributed by atoms with Gasteiger partial charge in [0.2, 0.25) is 0 Å². The molecule has 0 saturated heterocycles. The molecular weight excluding hydrogens is 236 g/mol. The van der Waals surface area contributed by atoms with Crippen molar-refractivity contribution in [3.63, 3.8) is 0 Å². The van der Waals surface area contributed by atoms with Crippen molar-refractivity contribution >= 4 is 12.0 Å². The summed E-state index contributed by atoms with van der Waals surface area (Å²) in [6, 6.07) is 5.85. The number of phenolic OH excluding ortho intramolecular Hbond substituents is 1. The van der Waals surface area contributed by atoms with Crippen LogP contribution in [-0.2, 0) is 4.79 Å². The van der Waals surface area contributed by atoms with Crippen LogP contribution in [0.25, 0.3) is 0 Å². The van der Waals surface area contributed by atoms with Crippen molar-refractivity contribution in [3.8, 4) is 5.75 Å². The second kappa shape index (κ2) is 6.48. The molecule has 0 fully saturated rings. The van der Waals surface area contributed by atoms with Crippen LogP contribution in [0.5, 0.6) is 5.75 Å². The molecule has 6 heteroatoms. The number of hydrogen-bond donors (Lipinski definition) is 4. The van der Waals surface area contributed by atoms with E-state index in [0.29, 0.717) is 0 Å². The average Bonchev–Trinajstić information content (AvgIpc) is 2.28. The maximum Gasteiger partial charge on any atom is 0.315 e. The Labute approximate surface area is 105 Å². The molecular formula is C12H16N2O4. The van der Waals surface area contributed by atoms with E-state index >= 15 is 0 Å². The molecule has 6 nitrogen and oxygen atoms in total. The number of aromatic hydroxyl groups is 1. The van der Waals surface area contributed by atoms with Crippen molar-refractivity contribution in [2.24, 2.45) is 0 Å². The van der Waals surface area contributed by atoms with Gasteiger partial charge in [0.15, 0.2) is 0 Å². The monoisotopic (exact) mass is 252 g/mol. The number of carbonyl (C=O) groups excluding carboxylic acids is 1. The van der Waals surface area contributed by atoms with Gasteiger partial charge in [-0.3, -0.25) is 4.79 Å². The lowest BCUT2D eigenvalue weighted by molar-refractivity contribution is -0.136. The summed E-state index contributed by atoms with van der Waals surface area (Å²) >= 11 is 0. The SMILES string of the molecule is C[C@@H](NC(=O)NCCC(=O)O)c1cccc(O)c1. The minimum atomic E-state index is -0.962. The molecule has 0 aliphatic rings. The first-order chi connectivity index (χ1) is 8.49. The number of carboxylic acid groups (broad SMARTS) is 1. The van der Waals surface area contributed by atoms with Crippen LogP contribution in [0.2, 0.25) is 0 Å². The molecule has 0 saturated carbocycles. The summed E-state index contributed by atoms with van der Waals surface area (Å²) in [6.45, 7) is 1.85. The molecule has 0 aliphatic heterocycles. The second-order valence-corrected chi connectivity index (χ2v) is 3.86. The molecule has 1 aromatic rings. The molecule has 0 unspecified atom stereocenters. The molecule has 0 aromatic heterocycles. The van der Waals surface area contributed by atoms with E-state index in [4.69, 9.17) is 5.11 Å². The Morgan fingerprint density at radius 1 is 1.39 bits per heavy atom. The van der Waals surface area contributed by atoms with Gasteiger partial charge in [-0.05, 0) is 24.6 Å². The van der Waals surface area contributed by atoms with Crippen molar-refractivity contribution < 1.29 is 19.8 Å². The summed E-state index contributed by atoms with van der Waals surface area (Å²) < 4.78 is 0. The third-order valence-corrected chi connectivity index (χ3v) is 2.34. The third-order valence-electron chi connectivity index (χ3n) is 2.34. The van der Waals surface area contributed by atoms with Crippen LogP contribution in [0.1, 0.15) is 24.9 Å². The molecule has 4 N–H and O–H groups in total. The van der Waals surface area contributed by atoms with Crippen molar-refractivity contribution in [2.45, 2.75) is 19.4 Å². The number of carbonyl (C=O) groups is 2. The summed E-state index contributed by atoms with van der Waals surface area (Å²) in [7, 11) is 0. The zero-order valence-electron chi connectivity index (χ0n) is 10.0. The van der Waals surface area contributed by atoms with E-state index in [1.54, 1.807) is 31.2 Å². The van der Waals surface area contributed by atoms with Crippen LogP contribution >= 0.6 is 0 Å². The predicted octanol–water partition coefficient (Wildman–Crippen LogP) is 1.23. The molecule has 1 aromatic carbocycles. The van der Waals surface area contributed by atoms with Crippen LogP contribution in [0.15, 0.2) is 24.3 Å². The zero-order chi connectivity index (χ0) is 13.5. The van der Waals surface area contributed by atoms with Gasteiger partial charge in [-0.15, -0.1) is 0 Å². The van der Waals surface area contributed by atoms with Gasteiger partial charge in [-0.1, -0.05) is 12.1 Å². The van der Waals surface area contributed by atoms with Crippen LogP contribution in [0.4, 0.5) is 4.79 Å². The Morgan fingerprint density at radius 3 is 2.72 bits per heavy atom. The quantitative estimate of drug-likeness (QED) is 0.633. The highest BCUT2D eigenvalue weighted by Crippen LogP contribution is 2.17. The van der Waals surface area contributed by atoms with E-state index < -0.39 is 12.0 Å². The van der Waals surface area contributed by atoms with Gasteiger partial charge in [0.05, 0.1) is 12.5 Å². The van der Waals surface area contributed by atoms with E-state index in [2.05, 4.69) is 10.6 Å². The van der Waals surface area contributed by atoms with Crippen LogP contribution in [-0.4, -0.2) is 28.8 Å². The maximum atomic E-state index is 11.4. The highest BCUT2D eigenvalue weighted by Gasteiger charge is 2.09. The molecule has 1 atom stereocenters. The Morgan fingerprint density at radius 2 is 2.11 bits per heavy atom. The fraction of sp³-hybridized carbons (Fsp3) is 0.333. The molecule has 98 valence electrons. The molecule has 2 amide bonds. The van der Waals surface area contributed by atoms with Crippen molar-refractivity contribution in [1.29, 1.82) is 0 Å². The Hall–Kier alpha value is -2.24. The van der Waals surface area contributed by atoms with Gasteiger partial charge in [-0.2, -0.15) is 0 Å². The smallest absolute Gasteiger partial charge is 0.315 e. The van der Waals surface area contributed by atoms with E-state index in [-0.39, 0.29) is 24.8 Å². The molecule has 1 rings (SSSR count). The Balaban J connectivity index is 2.42. The molecule has 0 heterocycles. The number of rotatable bonds is 5. The third kappa shape index (κ3) is 4.73. The molecule has 0 bridgehead atoms. The summed E-state index contributed by atoms with van der Waals surface area (Å²) in [5, 5.41) is 22.8. The maximum absolute atomic E-state index is 11.4. The number of nitrogens with one attached hydrogen (secondary N) is 2. The van der Waals surface area contributed by atoms with Gasteiger partial charge < -0.3 is 20.8 Å². The Kier molecular flexibility index (Phi) is 4.98. The zero-order valence-corrected chi connectivity index (χ0v) is 10.0. The number of carboxylic acids is 1. The fourth-order valence-corrected chi connectivity index (χ4v) is 1.41. The molecule has 18 heavy (non-hydrogen) atoms. The van der Waals surface area contributed by atoms with Gasteiger partial charge >= 0.3 is 12.0 Å². The lowest BCUT2D eigenvalue weighted by Crippen LogP contribution is -2.38. The summed E-state index contributed by atoms with van der Waals surface area (Å²) in [5.74, 6) is -0.830. The minimum absolute atomic E-state index is 0.0773. The molecule has 0 radical (unpaired) electrons. The normalized spacial score (nSPS) is 11.6. The average molecular weight is 252 g/mol. The van der Waals surface area contributed by atoms with Crippen molar-refractivity contribution in [1.82, 2.24) is 10.6 Å². The van der Waals surface area contributed by atoms with Crippen molar-refractivity contribution in [2.75, 3.05) is 6.54 Å². The van der Waals surface area contributed by atoms with Crippen LogP contribution in [0.3, 0.4) is 0 Å². The van der Waals surface area contributed by atoms with E-state index in [9.17, 15) is 14.7 Å². The largest absolute Gasteiger partial charge is 0.508 e. The number of aliphatic carboxylic acids is 1. The Bertz CT molecular complexity index is 434. The van der Waals surface area contributed by atoms with Crippen LogP contribution < -0.4 is 10.6 Å². The first-order valence-electron chi connectivity index (χ1n) is 5.54. The molecule has 0 spiro atoms. The number of benzene rings is 1. The lowest BCUT2D eigenvalue weighted by Gasteiger charge is -2.15. The topological polar surface area (TPSA) is 98.7 Å². The number of phenols is 1. The first-order valence-corrected chi connectivity index (χ1v) is 5.54. The fourth-order valence-electron chi connectivity index (χ4n) is 1.41. The minimum Gasteiger partial charge on any atom is -0.508 e. The van der Waals surface area contributed by atoms with E-state index in [1.807, 2.05) is 0 Å². The molecule has 0 aliphatic carbocycles. The highest BCUT2D eigenvalue weighted by atomic mass is 16.4. The van der Waals surface area contributed by atoms with Crippen molar-refractivity contribution in [3.05, 3.63) is 29.8 Å². The number of hydrogen-bond acceptors (Lipinski definition) is 3. The standard InChI is InChI=1S/C12H16N2O4/c1-8(9-3-2-4-10(15)7-9)14-12(18)13-6-5-11(16)17/h2-4,7-8,15H,5-6H2,1H3,(H,16,17)(H2,13,14,18)/t8-/m1/s1. The number of amides is 2. The van der Waals surface area contributed by atoms with Gasteiger partial charge in [0, 0.05) is 6.54 Å². The summed E-state index contributed by atoms with van der Waals surface area (Å²) in [5.41, 5.74) is 0.767. The summed E-state index contributed by atoms with van der Waals surface area (Å²) in [6.07, 6.45) is -0.117. The first kappa shape index (κ1) is 13.8. The number of urea groups is 1. The van der Waals surface area contributed by atoms with Gasteiger partial charge in [-0.25, -0.2) is 4.79 Å². The summed E-state index contributed by atoms with van der Waals surface area (Å²) in [4.78, 5) is 21.7. The van der Waals surface area contributed by atoms with Crippen LogP contribution in [0, 0.1) is 0 Å². The predicted molar refractivity (Wildman–Crippen MR) is 65.3 cm³/mol. The highest BCUT2D eigenvalue weighted by molar-refractivity contribution is 5.75. The van der Waals surface area contributed by atoms with Gasteiger partial charge in [0.25, 0.3) is 0 Å². The van der Waals surface area contributed by atoms with E-state index in [0.717, 1.165) is 5.56 Å². The lowest BCUT2D eigenvalue weighted by atomic mass is 10.1. The van der Waals surface area contributed by atoms with Gasteiger partial charge in [0.1, 0.15) is 5.75 Å².